The van der Waals surface area contributed by atoms with Crippen LogP contribution < -0.4 is 11.1 Å². The Morgan fingerprint density at radius 2 is 0.976 bits per heavy atom. The summed E-state index contributed by atoms with van der Waals surface area (Å²) >= 11 is 0. The maximum Gasteiger partial charge on any atom is 0.0841 e. The van der Waals surface area contributed by atoms with Gasteiger partial charge in [0.05, 0.1) is 18.8 Å². The van der Waals surface area contributed by atoms with E-state index >= 15 is 0 Å². The molecular weight excluding hydrogens is 508 g/mol. The molecule has 5 nitrogen and oxygen atoms in total. The summed E-state index contributed by atoms with van der Waals surface area (Å²) in [5.41, 5.74) is 5.33. The summed E-state index contributed by atoms with van der Waals surface area (Å²) in [7, 11) is 1.90. The van der Waals surface area contributed by atoms with Gasteiger partial charge in [-0.25, -0.2) is 0 Å². The Balaban J connectivity index is 4.05. The molecule has 41 heavy (non-hydrogen) atoms. The van der Waals surface area contributed by atoms with Gasteiger partial charge in [-0.15, -0.1) is 0 Å². The van der Waals surface area contributed by atoms with Crippen molar-refractivity contribution < 1.29 is 14.6 Å². The molecule has 0 saturated carbocycles. The third-order valence-electron chi connectivity index (χ3n) is 8.98. The summed E-state index contributed by atoms with van der Waals surface area (Å²) in [5.74, 6) is 0. The lowest BCUT2D eigenvalue weighted by Crippen LogP contribution is -2.55. The van der Waals surface area contributed by atoms with Crippen LogP contribution in [-0.4, -0.2) is 56.3 Å². The van der Waals surface area contributed by atoms with Gasteiger partial charge in [0, 0.05) is 25.3 Å². The van der Waals surface area contributed by atoms with E-state index in [1.807, 2.05) is 14.0 Å². The minimum absolute atomic E-state index is 0.0290. The van der Waals surface area contributed by atoms with E-state index in [1.54, 1.807) is 0 Å². The van der Waals surface area contributed by atoms with E-state index in [1.165, 1.54) is 141 Å². The minimum atomic E-state index is -0.610. The first kappa shape index (κ1) is 40.8. The monoisotopic (exact) mass is 585 g/mol. The fourth-order valence-corrected chi connectivity index (χ4v) is 5.76. The van der Waals surface area contributed by atoms with Gasteiger partial charge in [-0.05, 0) is 33.2 Å². The Hall–Kier alpha value is -0.200. The number of aliphatic hydroxyl groups is 1. The predicted octanol–water partition coefficient (Wildman–Crippen LogP) is 9.48. The topological polar surface area (TPSA) is 76.7 Å². The van der Waals surface area contributed by atoms with Crippen LogP contribution in [0.15, 0.2) is 0 Å². The van der Waals surface area contributed by atoms with E-state index in [9.17, 15) is 5.11 Å². The zero-order valence-corrected chi connectivity index (χ0v) is 28.5. The van der Waals surface area contributed by atoms with Crippen LogP contribution in [0.2, 0.25) is 0 Å². The molecule has 5 heteroatoms. The van der Waals surface area contributed by atoms with Crippen molar-refractivity contribution in [2.45, 2.75) is 199 Å². The van der Waals surface area contributed by atoms with Crippen LogP contribution >= 0.6 is 0 Å². The maximum atomic E-state index is 10.5. The average Bonchev–Trinajstić information content (AvgIpc) is 2.98. The van der Waals surface area contributed by atoms with Crippen molar-refractivity contribution in [3.8, 4) is 0 Å². The number of aliphatic hydroxyl groups excluding tert-OH is 1. The second-order valence-corrected chi connectivity index (χ2v) is 13.0. The lowest BCUT2D eigenvalue weighted by Gasteiger charge is -2.36. The molecule has 0 aromatic rings. The Morgan fingerprint density at radius 3 is 1.34 bits per heavy atom. The van der Waals surface area contributed by atoms with Gasteiger partial charge in [0.1, 0.15) is 0 Å². The number of likely N-dealkylation sites (N-methyl/N-ethyl adjacent to an activating group) is 1. The van der Waals surface area contributed by atoms with Gasteiger partial charge >= 0.3 is 0 Å². The molecule has 0 heterocycles. The molecule has 0 saturated heterocycles. The van der Waals surface area contributed by atoms with Gasteiger partial charge in [0.25, 0.3) is 0 Å². The van der Waals surface area contributed by atoms with Crippen LogP contribution in [0.25, 0.3) is 0 Å². The summed E-state index contributed by atoms with van der Waals surface area (Å²) in [6, 6.07) is 0. The smallest absolute Gasteiger partial charge is 0.0841 e. The van der Waals surface area contributed by atoms with Gasteiger partial charge in [0.15, 0.2) is 0 Å². The van der Waals surface area contributed by atoms with Crippen LogP contribution in [0.1, 0.15) is 181 Å². The van der Waals surface area contributed by atoms with Crippen molar-refractivity contribution in [1.82, 2.24) is 5.32 Å². The fourth-order valence-electron chi connectivity index (χ4n) is 5.76. The quantitative estimate of drug-likeness (QED) is 0.0657. The molecule has 3 atom stereocenters. The van der Waals surface area contributed by atoms with Gasteiger partial charge < -0.3 is 25.6 Å². The molecule has 0 fully saturated rings. The van der Waals surface area contributed by atoms with E-state index in [0.29, 0.717) is 13.0 Å². The largest absolute Gasteiger partial charge is 0.390 e. The van der Waals surface area contributed by atoms with E-state index < -0.39 is 11.6 Å². The SMILES string of the molecule is CCCCCCCCCCCCCCOCC(CC(C)(NC)C(O)CN)OCCCCCCCCCCCCCC. The number of hydrogen-bond acceptors (Lipinski definition) is 5. The number of nitrogens with two attached hydrogens (primary N) is 1. The zero-order valence-electron chi connectivity index (χ0n) is 28.5. The van der Waals surface area contributed by atoms with Crippen LogP contribution in [0.3, 0.4) is 0 Å². The van der Waals surface area contributed by atoms with Crippen molar-refractivity contribution in [2.75, 3.05) is 33.4 Å². The van der Waals surface area contributed by atoms with Gasteiger partial charge in [-0.2, -0.15) is 0 Å². The average molecular weight is 585 g/mol. The summed E-state index contributed by atoms with van der Waals surface area (Å²) in [6.45, 7) is 9.00. The van der Waals surface area contributed by atoms with Crippen molar-refractivity contribution in [1.29, 1.82) is 0 Å². The number of nitrogens with one attached hydrogen (secondary N) is 1. The highest BCUT2D eigenvalue weighted by Gasteiger charge is 2.33. The number of rotatable bonds is 34. The van der Waals surface area contributed by atoms with Crippen LogP contribution in [0.5, 0.6) is 0 Å². The first-order valence-corrected chi connectivity index (χ1v) is 18.3. The normalized spacial score (nSPS) is 14.8. The summed E-state index contributed by atoms with van der Waals surface area (Å²) in [4.78, 5) is 0. The molecule has 0 aromatic heterocycles. The highest BCUT2D eigenvalue weighted by Crippen LogP contribution is 2.20. The summed E-state index contributed by atoms with van der Waals surface area (Å²) < 4.78 is 12.4. The van der Waals surface area contributed by atoms with E-state index in [2.05, 4.69) is 19.2 Å². The predicted molar refractivity (Wildman–Crippen MR) is 180 cm³/mol. The second-order valence-electron chi connectivity index (χ2n) is 13.0. The summed E-state index contributed by atoms with van der Waals surface area (Å²) in [5, 5.41) is 13.8. The third kappa shape index (κ3) is 26.0. The molecule has 4 N–H and O–H groups in total. The Bertz CT molecular complexity index is 507. The first-order chi connectivity index (χ1) is 20.0. The molecule has 0 amide bonds. The van der Waals surface area contributed by atoms with Crippen molar-refractivity contribution in [3.05, 3.63) is 0 Å². The standard InChI is InChI=1S/C36H76N2O3/c1-5-7-9-11-13-15-17-19-21-23-25-27-29-40-33-34(31-36(3,38-4)35(39)32-37)41-30-28-26-24-22-20-18-16-14-12-10-8-6-2/h34-35,38-39H,5-33,37H2,1-4H3. The molecule has 0 aliphatic heterocycles. The highest BCUT2D eigenvalue weighted by molar-refractivity contribution is 4.92. The lowest BCUT2D eigenvalue weighted by molar-refractivity contribution is -0.0483. The molecule has 0 aromatic carbocycles. The van der Waals surface area contributed by atoms with E-state index in [-0.39, 0.29) is 12.6 Å². The number of hydrogen-bond donors (Lipinski definition) is 3. The Kier molecular flexibility index (Phi) is 31.1. The second kappa shape index (κ2) is 31.2. The van der Waals surface area contributed by atoms with Crippen molar-refractivity contribution in [3.63, 3.8) is 0 Å². The van der Waals surface area contributed by atoms with Crippen LogP contribution in [0, 0.1) is 0 Å². The summed E-state index contributed by atoms with van der Waals surface area (Å²) in [6.07, 6.45) is 32.5. The minimum Gasteiger partial charge on any atom is -0.390 e. The van der Waals surface area contributed by atoms with Crippen LogP contribution in [0.4, 0.5) is 0 Å². The zero-order chi connectivity index (χ0) is 30.3. The molecule has 0 aliphatic rings. The van der Waals surface area contributed by atoms with Crippen molar-refractivity contribution >= 4 is 0 Å². The maximum absolute atomic E-state index is 10.5. The third-order valence-corrected chi connectivity index (χ3v) is 8.98. The molecule has 0 bridgehead atoms. The Morgan fingerprint density at radius 1 is 0.610 bits per heavy atom. The number of ether oxygens (including phenoxy) is 2. The molecular formula is C36H76N2O3. The molecule has 0 radical (unpaired) electrons. The molecule has 3 unspecified atom stereocenters. The van der Waals surface area contributed by atoms with E-state index in [4.69, 9.17) is 15.2 Å². The lowest BCUT2D eigenvalue weighted by atomic mass is 9.88. The van der Waals surface area contributed by atoms with Gasteiger partial charge in [-0.1, -0.05) is 155 Å². The molecule has 0 aliphatic carbocycles. The molecule has 0 rings (SSSR count). The van der Waals surface area contributed by atoms with Crippen molar-refractivity contribution in [2.24, 2.45) is 5.73 Å². The Labute approximate surface area is 257 Å². The molecule has 248 valence electrons. The molecule has 0 spiro atoms. The van der Waals surface area contributed by atoms with Crippen LogP contribution in [-0.2, 0) is 9.47 Å². The fraction of sp³-hybridized carbons (Fsp3) is 1.00. The van der Waals surface area contributed by atoms with Gasteiger partial charge in [0.2, 0.25) is 0 Å². The highest BCUT2D eigenvalue weighted by atomic mass is 16.5. The van der Waals surface area contributed by atoms with E-state index in [0.717, 1.165) is 26.1 Å². The first-order valence-electron chi connectivity index (χ1n) is 18.3. The van der Waals surface area contributed by atoms with Gasteiger partial charge in [-0.3, -0.25) is 0 Å². The number of unbranched alkanes of at least 4 members (excludes halogenated alkanes) is 22.